The third-order valence-corrected chi connectivity index (χ3v) is 5.56. The molecule has 5 aromatic rings. The van der Waals surface area contributed by atoms with Crippen molar-refractivity contribution in [2.24, 2.45) is 7.05 Å². The smallest absolute Gasteiger partial charge is 0.222 e. The maximum absolute atomic E-state index is 6.18. The van der Waals surface area contributed by atoms with Crippen molar-refractivity contribution in [1.82, 2.24) is 34.7 Å². The van der Waals surface area contributed by atoms with Gasteiger partial charge in [-0.25, -0.2) is 9.97 Å². The third kappa shape index (κ3) is 4.18. The Labute approximate surface area is 196 Å². The van der Waals surface area contributed by atoms with Gasteiger partial charge in [-0.2, -0.15) is 10.1 Å². The van der Waals surface area contributed by atoms with E-state index < -0.39 is 0 Å². The van der Waals surface area contributed by atoms with E-state index in [1.54, 1.807) is 18.0 Å². The van der Waals surface area contributed by atoms with Crippen molar-refractivity contribution in [3.63, 3.8) is 0 Å². The van der Waals surface area contributed by atoms with Crippen molar-refractivity contribution < 1.29 is 4.74 Å². The minimum atomic E-state index is 0.186. The molecule has 0 amide bonds. The number of nitrogens with one attached hydrogen (secondary N) is 1. The molecule has 3 N–H and O–H groups in total. The van der Waals surface area contributed by atoms with E-state index in [2.05, 4.69) is 36.1 Å². The molecule has 0 aliphatic carbocycles. The van der Waals surface area contributed by atoms with E-state index in [-0.39, 0.29) is 5.95 Å². The van der Waals surface area contributed by atoms with Gasteiger partial charge in [0.25, 0.3) is 0 Å². The highest BCUT2D eigenvalue weighted by Gasteiger charge is 2.17. The third-order valence-electron chi connectivity index (χ3n) is 5.56. The Bertz CT molecular complexity index is 1460. The molecule has 5 rings (SSSR count). The topological polar surface area (TPSA) is 124 Å². The van der Waals surface area contributed by atoms with E-state index in [1.807, 2.05) is 61.9 Å². The Morgan fingerprint density at radius 3 is 2.76 bits per heavy atom. The minimum absolute atomic E-state index is 0.186. The van der Waals surface area contributed by atoms with Crippen LogP contribution < -0.4 is 10.6 Å². The number of anilines is 3. The summed E-state index contributed by atoms with van der Waals surface area (Å²) in [5.41, 5.74) is 12.4. The van der Waals surface area contributed by atoms with E-state index in [4.69, 9.17) is 10.5 Å². The van der Waals surface area contributed by atoms with Crippen molar-refractivity contribution in [2.75, 3.05) is 30.9 Å². The first kappa shape index (κ1) is 21.5. The van der Waals surface area contributed by atoms with Gasteiger partial charge in [-0.05, 0) is 25.1 Å². The number of rotatable bonds is 7. The molecule has 5 aromatic heterocycles. The second-order valence-electron chi connectivity index (χ2n) is 7.99. The van der Waals surface area contributed by atoms with Gasteiger partial charge >= 0.3 is 0 Å². The number of aryl methyl sites for hydroxylation is 2. The zero-order chi connectivity index (χ0) is 23.7. The SMILES string of the molecule is COCCN(c1ccnc(C)c1)c1cc(-c2c[nH]c3ncc(-c4cnn(C)c4)cc23)nc(N)n1. The average molecular weight is 456 g/mol. The Morgan fingerprint density at radius 2 is 2.00 bits per heavy atom. The molecule has 0 spiro atoms. The summed E-state index contributed by atoms with van der Waals surface area (Å²) in [5, 5.41) is 5.21. The fourth-order valence-corrected chi connectivity index (χ4v) is 3.93. The van der Waals surface area contributed by atoms with Gasteiger partial charge in [-0.15, -0.1) is 0 Å². The number of nitrogens with two attached hydrogens (primary N) is 1. The fourth-order valence-electron chi connectivity index (χ4n) is 3.93. The van der Waals surface area contributed by atoms with E-state index in [0.717, 1.165) is 39.1 Å². The number of ether oxygens (including phenoxy) is 1. The molecule has 0 aliphatic heterocycles. The van der Waals surface area contributed by atoms with Gasteiger partial charge in [0.2, 0.25) is 5.95 Å². The van der Waals surface area contributed by atoms with Gasteiger partial charge in [-0.3, -0.25) is 9.67 Å². The summed E-state index contributed by atoms with van der Waals surface area (Å²) in [4.78, 5) is 23.3. The average Bonchev–Trinajstić information content (AvgIpc) is 3.45. The molecule has 0 bridgehead atoms. The molecule has 0 unspecified atom stereocenters. The summed E-state index contributed by atoms with van der Waals surface area (Å²) in [6.07, 6.45) is 9.28. The van der Waals surface area contributed by atoms with Crippen LogP contribution in [0, 0.1) is 6.92 Å². The summed E-state index contributed by atoms with van der Waals surface area (Å²) < 4.78 is 7.11. The van der Waals surface area contributed by atoms with Gasteiger partial charge in [0.15, 0.2) is 0 Å². The van der Waals surface area contributed by atoms with Crippen LogP contribution in [0.15, 0.2) is 55.2 Å². The van der Waals surface area contributed by atoms with Crippen molar-refractivity contribution in [3.8, 4) is 22.4 Å². The van der Waals surface area contributed by atoms with Crippen molar-refractivity contribution >= 4 is 28.5 Å². The number of aromatic nitrogens is 7. The van der Waals surface area contributed by atoms with Crippen LogP contribution in [0.1, 0.15) is 5.69 Å². The molecule has 0 aliphatic rings. The van der Waals surface area contributed by atoms with Gasteiger partial charge in [0.05, 0.1) is 18.5 Å². The zero-order valence-corrected chi connectivity index (χ0v) is 19.2. The second-order valence-corrected chi connectivity index (χ2v) is 7.99. The number of hydrogen-bond donors (Lipinski definition) is 2. The number of aromatic amines is 1. The molecule has 10 heteroatoms. The summed E-state index contributed by atoms with van der Waals surface area (Å²) >= 11 is 0. The fraction of sp³-hybridized carbons (Fsp3) is 0.208. The van der Waals surface area contributed by atoms with Crippen molar-refractivity contribution in [1.29, 1.82) is 0 Å². The monoisotopic (exact) mass is 455 g/mol. The Hall–Kier alpha value is -4.31. The van der Waals surface area contributed by atoms with Crippen molar-refractivity contribution in [3.05, 3.63) is 60.9 Å². The lowest BCUT2D eigenvalue weighted by atomic mass is 10.1. The Kier molecular flexibility index (Phi) is 5.64. The van der Waals surface area contributed by atoms with E-state index in [0.29, 0.717) is 24.7 Å². The highest BCUT2D eigenvalue weighted by molar-refractivity contribution is 5.95. The number of fused-ring (bicyclic) bond motifs is 1. The Balaban J connectivity index is 1.60. The zero-order valence-electron chi connectivity index (χ0n) is 19.2. The maximum atomic E-state index is 6.18. The van der Waals surface area contributed by atoms with Gasteiger partial charge in [0, 0.05) is 85.0 Å². The maximum Gasteiger partial charge on any atom is 0.222 e. The highest BCUT2D eigenvalue weighted by Crippen LogP contribution is 2.33. The molecule has 0 saturated heterocycles. The largest absolute Gasteiger partial charge is 0.383 e. The molecule has 0 aromatic carbocycles. The lowest BCUT2D eigenvalue weighted by Gasteiger charge is -2.24. The van der Waals surface area contributed by atoms with Crippen LogP contribution in [0.4, 0.5) is 17.5 Å². The van der Waals surface area contributed by atoms with Crippen LogP contribution in [-0.2, 0) is 11.8 Å². The normalized spacial score (nSPS) is 11.3. The first-order valence-corrected chi connectivity index (χ1v) is 10.8. The van der Waals surface area contributed by atoms with Crippen LogP contribution >= 0.6 is 0 Å². The van der Waals surface area contributed by atoms with Crippen LogP contribution in [0.2, 0.25) is 0 Å². The lowest BCUT2D eigenvalue weighted by Crippen LogP contribution is -2.23. The molecule has 5 heterocycles. The van der Waals surface area contributed by atoms with Crippen LogP contribution in [0.5, 0.6) is 0 Å². The van der Waals surface area contributed by atoms with Crippen molar-refractivity contribution in [2.45, 2.75) is 6.92 Å². The number of pyridine rings is 2. The second kappa shape index (κ2) is 8.91. The highest BCUT2D eigenvalue weighted by atomic mass is 16.5. The van der Waals surface area contributed by atoms with E-state index >= 15 is 0 Å². The molecular weight excluding hydrogens is 430 g/mol. The molecule has 10 nitrogen and oxygen atoms in total. The molecule has 0 atom stereocenters. The molecule has 172 valence electrons. The van der Waals surface area contributed by atoms with Gasteiger partial charge in [0.1, 0.15) is 11.5 Å². The molecular formula is C24H25N9O. The molecule has 0 saturated carbocycles. The van der Waals surface area contributed by atoms with E-state index in [1.165, 1.54) is 0 Å². The van der Waals surface area contributed by atoms with Crippen LogP contribution in [0.3, 0.4) is 0 Å². The first-order valence-electron chi connectivity index (χ1n) is 10.8. The minimum Gasteiger partial charge on any atom is -0.383 e. The number of methoxy groups -OCH3 is 1. The standard InChI is InChI=1S/C24H25N9O/c1-15-8-18(4-5-26-15)33(6-7-34-3)22-10-21(30-24(25)31-22)20-13-28-23-19(20)9-16(11-27-23)17-12-29-32(2)14-17/h4-5,8-14H,6-7H2,1-3H3,(H,27,28)(H2,25,30,31). The van der Waals surface area contributed by atoms with Gasteiger partial charge in [-0.1, -0.05) is 0 Å². The van der Waals surface area contributed by atoms with Gasteiger partial charge < -0.3 is 20.4 Å². The number of nitrogens with zero attached hydrogens (tertiary/aromatic N) is 7. The molecule has 34 heavy (non-hydrogen) atoms. The quantitative estimate of drug-likeness (QED) is 0.382. The summed E-state index contributed by atoms with van der Waals surface area (Å²) in [5.74, 6) is 0.863. The number of hydrogen-bond acceptors (Lipinski definition) is 8. The molecule has 0 fully saturated rings. The summed E-state index contributed by atoms with van der Waals surface area (Å²) in [6.45, 7) is 3.07. The number of nitrogen functional groups attached to an aromatic ring is 1. The predicted molar refractivity (Wildman–Crippen MR) is 132 cm³/mol. The number of H-pyrrole nitrogens is 1. The van der Waals surface area contributed by atoms with Crippen LogP contribution in [-0.4, -0.2) is 55.0 Å². The summed E-state index contributed by atoms with van der Waals surface area (Å²) in [6, 6.07) is 7.96. The van der Waals surface area contributed by atoms with Crippen LogP contribution in [0.25, 0.3) is 33.4 Å². The molecule has 0 radical (unpaired) electrons. The lowest BCUT2D eigenvalue weighted by molar-refractivity contribution is 0.207. The first-order chi connectivity index (χ1) is 16.5. The Morgan fingerprint density at radius 1 is 1.12 bits per heavy atom. The van der Waals surface area contributed by atoms with E-state index in [9.17, 15) is 0 Å². The summed E-state index contributed by atoms with van der Waals surface area (Å²) in [7, 11) is 3.57. The predicted octanol–water partition coefficient (Wildman–Crippen LogP) is 3.49.